The Morgan fingerprint density at radius 3 is 2.62 bits per heavy atom. The van der Waals surface area contributed by atoms with Crippen LogP contribution >= 0.6 is 24.0 Å². The highest BCUT2D eigenvalue weighted by Gasteiger charge is 2.15. The molecule has 0 bridgehead atoms. The van der Waals surface area contributed by atoms with E-state index in [1.54, 1.807) is 0 Å². The van der Waals surface area contributed by atoms with Gasteiger partial charge in [0.15, 0.2) is 5.96 Å². The summed E-state index contributed by atoms with van der Waals surface area (Å²) in [6.07, 6.45) is 2.53. The van der Waals surface area contributed by atoms with Crippen molar-refractivity contribution in [2.45, 2.75) is 33.2 Å². The third-order valence-corrected chi connectivity index (χ3v) is 3.41. The molecule has 4 nitrogen and oxygen atoms in total. The van der Waals surface area contributed by atoms with Crippen LogP contribution in [-0.2, 0) is 6.54 Å². The van der Waals surface area contributed by atoms with E-state index in [1.165, 1.54) is 12.8 Å². The van der Waals surface area contributed by atoms with Crippen molar-refractivity contribution in [1.82, 2.24) is 10.2 Å². The van der Waals surface area contributed by atoms with Gasteiger partial charge in [0.05, 0.1) is 13.2 Å². The Morgan fingerprint density at radius 2 is 1.95 bits per heavy atom. The predicted molar refractivity (Wildman–Crippen MR) is 98.6 cm³/mol. The standard InChI is InChI=1S/C16H25N3O.HI/c1-3-17-16(19-11-7-8-12-19)18-13-14-9-5-6-10-15(14)20-4-2;/h5-6,9-10H,3-4,7-8,11-13H2,1-2H3,(H,17,18);1H. The highest BCUT2D eigenvalue weighted by atomic mass is 127. The fourth-order valence-corrected chi connectivity index (χ4v) is 2.45. The van der Waals surface area contributed by atoms with Crippen LogP contribution in [0.15, 0.2) is 29.3 Å². The Bertz CT molecular complexity index is 445. The summed E-state index contributed by atoms with van der Waals surface area (Å²) >= 11 is 0. The van der Waals surface area contributed by atoms with Crippen molar-refractivity contribution in [3.8, 4) is 5.75 Å². The van der Waals surface area contributed by atoms with Crippen molar-refractivity contribution >= 4 is 29.9 Å². The SMILES string of the molecule is CCNC(=NCc1ccccc1OCC)N1CCCC1.I. The quantitative estimate of drug-likeness (QED) is 0.466. The second-order valence-corrected chi connectivity index (χ2v) is 4.91. The van der Waals surface area contributed by atoms with Crippen LogP contribution in [0.2, 0.25) is 0 Å². The van der Waals surface area contributed by atoms with Gasteiger partial charge in [0.2, 0.25) is 0 Å². The van der Waals surface area contributed by atoms with Crippen molar-refractivity contribution in [2.75, 3.05) is 26.2 Å². The van der Waals surface area contributed by atoms with E-state index in [2.05, 4.69) is 23.2 Å². The number of hydrogen-bond acceptors (Lipinski definition) is 2. The van der Waals surface area contributed by atoms with Gasteiger partial charge in [-0.3, -0.25) is 0 Å². The summed E-state index contributed by atoms with van der Waals surface area (Å²) in [5, 5.41) is 3.38. The summed E-state index contributed by atoms with van der Waals surface area (Å²) in [6.45, 7) is 8.59. The number of ether oxygens (including phenoxy) is 1. The molecule has 1 aliphatic rings. The normalized spacial score (nSPS) is 14.8. The van der Waals surface area contributed by atoms with E-state index < -0.39 is 0 Å². The Kier molecular flexibility index (Phi) is 8.49. The van der Waals surface area contributed by atoms with E-state index in [0.29, 0.717) is 13.2 Å². The minimum Gasteiger partial charge on any atom is -0.494 e. The first-order valence-electron chi connectivity index (χ1n) is 7.59. The molecule has 0 aliphatic carbocycles. The summed E-state index contributed by atoms with van der Waals surface area (Å²) in [4.78, 5) is 7.10. The first-order chi connectivity index (χ1) is 9.85. The fraction of sp³-hybridized carbons (Fsp3) is 0.562. The van der Waals surface area contributed by atoms with Crippen molar-refractivity contribution in [1.29, 1.82) is 0 Å². The third kappa shape index (κ3) is 5.37. The summed E-state index contributed by atoms with van der Waals surface area (Å²) in [5.74, 6) is 1.97. The lowest BCUT2D eigenvalue weighted by Gasteiger charge is -2.20. The van der Waals surface area contributed by atoms with Crippen molar-refractivity contribution in [2.24, 2.45) is 4.99 Å². The molecular formula is C16H26IN3O. The molecule has 1 heterocycles. The zero-order valence-corrected chi connectivity index (χ0v) is 15.3. The Hall–Kier alpha value is -0.980. The summed E-state index contributed by atoms with van der Waals surface area (Å²) in [7, 11) is 0. The number of hydrogen-bond donors (Lipinski definition) is 1. The number of benzene rings is 1. The van der Waals surface area contributed by atoms with Crippen LogP contribution in [-0.4, -0.2) is 37.1 Å². The van der Waals surface area contributed by atoms with Crippen LogP contribution in [0, 0.1) is 0 Å². The van der Waals surface area contributed by atoms with Crippen LogP contribution in [0.3, 0.4) is 0 Å². The molecule has 21 heavy (non-hydrogen) atoms. The topological polar surface area (TPSA) is 36.9 Å². The highest BCUT2D eigenvalue weighted by molar-refractivity contribution is 14.0. The number of guanidine groups is 1. The number of para-hydroxylation sites is 1. The first kappa shape index (κ1) is 18.1. The Morgan fingerprint density at radius 1 is 1.24 bits per heavy atom. The molecular weight excluding hydrogens is 377 g/mol. The largest absolute Gasteiger partial charge is 0.494 e. The lowest BCUT2D eigenvalue weighted by atomic mass is 10.2. The van der Waals surface area contributed by atoms with E-state index in [4.69, 9.17) is 9.73 Å². The van der Waals surface area contributed by atoms with Gasteiger partial charge in [-0.15, -0.1) is 24.0 Å². The molecule has 0 radical (unpaired) electrons. The second-order valence-electron chi connectivity index (χ2n) is 4.91. The number of rotatable bonds is 5. The molecule has 2 rings (SSSR count). The number of likely N-dealkylation sites (tertiary alicyclic amines) is 1. The Balaban J connectivity index is 0.00000220. The van der Waals surface area contributed by atoms with E-state index in [1.807, 2.05) is 25.1 Å². The molecule has 1 N–H and O–H groups in total. The maximum absolute atomic E-state index is 5.65. The van der Waals surface area contributed by atoms with Crippen LogP contribution in [0.4, 0.5) is 0 Å². The molecule has 0 spiro atoms. The Labute approximate surface area is 145 Å². The van der Waals surface area contributed by atoms with Crippen molar-refractivity contribution < 1.29 is 4.74 Å². The average Bonchev–Trinajstić information content (AvgIpc) is 2.99. The summed E-state index contributed by atoms with van der Waals surface area (Å²) < 4.78 is 5.65. The molecule has 0 atom stereocenters. The minimum atomic E-state index is 0. The monoisotopic (exact) mass is 403 g/mol. The first-order valence-corrected chi connectivity index (χ1v) is 7.59. The maximum Gasteiger partial charge on any atom is 0.194 e. The molecule has 1 saturated heterocycles. The molecule has 5 heteroatoms. The van der Waals surface area contributed by atoms with Gasteiger partial charge < -0.3 is 15.0 Å². The molecule has 1 fully saturated rings. The highest BCUT2D eigenvalue weighted by Crippen LogP contribution is 2.19. The lowest BCUT2D eigenvalue weighted by molar-refractivity contribution is 0.336. The van der Waals surface area contributed by atoms with Crippen molar-refractivity contribution in [3.05, 3.63) is 29.8 Å². The molecule has 0 aromatic heterocycles. The van der Waals surface area contributed by atoms with Gasteiger partial charge in [-0.1, -0.05) is 18.2 Å². The van der Waals surface area contributed by atoms with Gasteiger partial charge in [0, 0.05) is 25.2 Å². The molecule has 1 aromatic carbocycles. The fourth-order valence-electron chi connectivity index (χ4n) is 2.45. The molecule has 1 aromatic rings. The number of aliphatic imine (C=N–C) groups is 1. The number of nitrogens with zero attached hydrogens (tertiary/aromatic N) is 2. The van der Waals surface area contributed by atoms with Crippen LogP contribution < -0.4 is 10.1 Å². The average molecular weight is 403 g/mol. The predicted octanol–water partition coefficient (Wildman–Crippen LogP) is 3.26. The molecule has 0 saturated carbocycles. The molecule has 0 amide bonds. The molecule has 0 unspecified atom stereocenters. The van der Waals surface area contributed by atoms with Gasteiger partial charge in [-0.25, -0.2) is 4.99 Å². The van der Waals surface area contributed by atoms with Crippen molar-refractivity contribution in [3.63, 3.8) is 0 Å². The van der Waals surface area contributed by atoms with E-state index in [0.717, 1.165) is 36.9 Å². The molecule has 1 aliphatic heterocycles. The minimum absolute atomic E-state index is 0. The van der Waals surface area contributed by atoms with Crippen LogP contribution in [0.5, 0.6) is 5.75 Å². The zero-order valence-electron chi connectivity index (χ0n) is 13.0. The van der Waals surface area contributed by atoms with Gasteiger partial charge >= 0.3 is 0 Å². The smallest absolute Gasteiger partial charge is 0.194 e. The number of nitrogens with one attached hydrogen (secondary N) is 1. The van der Waals surface area contributed by atoms with E-state index in [9.17, 15) is 0 Å². The van der Waals surface area contributed by atoms with Crippen LogP contribution in [0.25, 0.3) is 0 Å². The number of halogens is 1. The van der Waals surface area contributed by atoms with Gasteiger partial charge in [-0.05, 0) is 32.8 Å². The van der Waals surface area contributed by atoms with E-state index >= 15 is 0 Å². The third-order valence-electron chi connectivity index (χ3n) is 3.41. The van der Waals surface area contributed by atoms with Gasteiger partial charge in [0.1, 0.15) is 5.75 Å². The summed E-state index contributed by atoms with van der Waals surface area (Å²) in [6, 6.07) is 8.14. The maximum atomic E-state index is 5.65. The van der Waals surface area contributed by atoms with E-state index in [-0.39, 0.29) is 24.0 Å². The van der Waals surface area contributed by atoms with Gasteiger partial charge in [0.25, 0.3) is 0 Å². The molecule has 118 valence electrons. The van der Waals surface area contributed by atoms with Crippen LogP contribution in [0.1, 0.15) is 32.3 Å². The summed E-state index contributed by atoms with van der Waals surface area (Å²) in [5.41, 5.74) is 1.14. The lowest BCUT2D eigenvalue weighted by Crippen LogP contribution is -2.39. The zero-order chi connectivity index (χ0) is 14.2. The van der Waals surface area contributed by atoms with Gasteiger partial charge in [-0.2, -0.15) is 0 Å². The second kappa shape index (κ2) is 9.87.